The molecule has 1 aromatic heterocycles. The van der Waals surface area contributed by atoms with E-state index in [4.69, 9.17) is 15.0 Å². The Morgan fingerprint density at radius 1 is 1.62 bits per heavy atom. The Morgan fingerprint density at radius 2 is 2.38 bits per heavy atom. The molecule has 16 heavy (non-hydrogen) atoms. The molecule has 90 valence electrons. The molecule has 0 spiro atoms. The van der Waals surface area contributed by atoms with Crippen molar-refractivity contribution in [1.29, 1.82) is 0 Å². The van der Waals surface area contributed by atoms with E-state index in [1.165, 1.54) is 0 Å². The number of carbonyl (C=O) groups is 1. The number of furan rings is 1. The van der Waals surface area contributed by atoms with Crippen molar-refractivity contribution in [3.8, 4) is 0 Å². The van der Waals surface area contributed by atoms with Crippen molar-refractivity contribution < 1.29 is 13.9 Å². The molecule has 1 amide bonds. The molecule has 0 aliphatic carbocycles. The van der Waals surface area contributed by atoms with Crippen LogP contribution in [-0.4, -0.2) is 12.5 Å². The fraction of sp³-hybridized carbons (Fsp3) is 0.545. The SMILES string of the molecule is CCCCOCc1cc(C(=O)NN)oc1C. The molecule has 0 atom stereocenters. The van der Waals surface area contributed by atoms with Crippen LogP contribution < -0.4 is 11.3 Å². The Balaban J connectivity index is 2.53. The number of hydrazine groups is 1. The van der Waals surface area contributed by atoms with E-state index < -0.39 is 5.91 Å². The molecule has 1 rings (SSSR count). The van der Waals surface area contributed by atoms with Crippen LogP contribution in [-0.2, 0) is 11.3 Å². The highest BCUT2D eigenvalue weighted by Crippen LogP contribution is 2.15. The van der Waals surface area contributed by atoms with Crippen molar-refractivity contribution in [1.82, 2.24) is 5.43 Å². The van der Waals surface area contributed by atoms with Gasteiger partial charge in [-0.1, -0.05) is 13.3 Å². The number of unbranched alkanes of at least 4 members (excludes halogenated alkanes) is 1. The van der Waals surface area contributed by atoms with Crippen molar-refractivity contribution in [2.45, 2.75) is 33.3 Å². The fourth-order valence-electron chi connectivity index (χ4n) is 1.27. The third-order valence-corrected chi connectivity index (χ3v) is 2.28. The zero-order valence-electron chi connectivity index (χ0n) is 9.71. The van der Waals surface area contributed by atoms with Gasteiger partial charge in [0.25, 0.3) is 0 Å². The van der Waals surface area contributed by atoms with Crippen LogP contribution in [0.25, 0.3) is 0 Å². The summed E-state index contributed by atoms with van der Waals surface area (Å²) < 4.78 is 10.7. The van der Waals surface area contributed by atoms with E-state index in [9.17, 15) is 4.79 Å². The fourth-order valence-corrected chi connectivity index (χ4v) is 1.27. The van der Waals surface area contributed by atoms with Gasteiger partial charge in [-0.3, -0.25) is 10.2 Å². The van der Waals surface area contributed by atoms with Gasteiger partial charge in [0.05, 0.1) is 6.61 Å². The molecule has 1 heterocycles. The molecule has 0 aliphatic rings. The summed E-state index contributed by atoms with van der Waals surface area (Å²) in [6.45, 7) is 5.09. The second-order valence-electron chi connectivity index (χ2n) is 3.57. The van der Waals surface area contributed by atoms with Gasteiger partial charge in [0.15, 0.2) is 5.76 Å². The van der Waals surface area contributed by atoms with Gasteiger partial charge < -0.3 is 9.15 Å². The van der Waals surface area contributed by atoms with Crippen molar-refractivity contribution in [2.75, 3.05) is 6.61 Å². The Bertz CT molecular complexity index is 347. The minimum atomic E-state index is -0.428. The van der Waals surface area contributed by atoms with Crippen LogP contribution in [0.3, 0.4) is 0 Å². The summed E-state index contributed by atoms with van der Waals surface area (Å²) in [6, 6.07) is 1.66. The Labute approximate surface area is 94.9 Å². The molecular formula is C11H18N2O3. The molecule has 0 aliphatic heterocycles. The minimum absolute atomic E-state index is 0.217. The van der Waals surface area contributed by atoms with E-state index in [-0.39, 0.29) is 5.76 Å². The number of nitrogens with two attached hydrogens (primary N) is 1. The normalized spacial score (nSPS) is 10.4. The molecule has 0 bridgehead atoms. The molecule has 0 saturated carbocycles. The van der Waals surface area contributed by atoms with E-state index in [0.29, 0.717) is 12.4 Å². The predicted octanol–water partition coefficient (Wildman–Crippen LogP) is 1.51. The molecule has 0 radical (unpaired) electrons. The van der Waals surface area contributed by atoms with Gasteiger partial charge in [-0.2, -0.15) is 0 Å². The first-order chi connectivity index (χ1) is 7.69. The smallest absolute Gasteiger partial charge is 0.300 e. The van der Waals surface area contributed by atoms with Crippen LogP contribution in [0.2, 0.25) is 0 Å². The molecule has 0 aromatic carbocycles. The second kappa shape index (κ2) is 6.30. The summed E-state index contributed by atoms with van der Waals surface area (Å²) in [5.41, 5.74) is 2.91. The molecule has 0 saturated heterocycles. The average molecular weight is 226 g/mol. The van der Waals surface area contributed by atoms with Crippen molar-refractivity contribution in [3.63, 3.8) is 0 Å². The molecule has 0 fully saturated rings. The summed E-state index contributed by atoms with van der Waals surface area (Å²) in [5.74, 6) is 5.49. The van der Waals surface area contributed by atoms with E-state index >= 15 is 0 Å². The number of nitrogen functional groups attached to an aromatic ring is 1. The second-order valence-corrected chi connectivity index (χ2v) is 3.57. The summed E-state index contributed by atoms with van der Waals surface area (Å²) in [5, 5.41) is 0. The third-order valence-electron chi connectivity index (χ3n) is 2.28. The van der Waals surface area contributed by atoms with Gasteiger partial charge in [0, 0.05) is 12.2 Å². The number of hydrogen-bond donors (Lipinski definition) is 2. The van der Waals surface area contributed by atoms with E-state index in [0.717, 1.165) is 25.0 Å². The highest BCUT2D eigenvalue weighted by molar-refractivity contribution is 5.91. The lowest BCUT2D eigenvalue weighted by atomic mass is 10.2. The first kappa shape index (κ1) is 12.7. The number of rotatable bonds is 6. The molecular weight excluding hydrogens is 208 g/mol. The van der Waals surface area contributed by atoms with E-state index in [1.54, 1.807) is 13.0 Å². The van der Waals surface area contributed by atoms with E-state index in [2.05, 4.69) is 6.92 Å². The Kier molecular flexibility index (Phi) is 5.01. The van der Waals surface area contributed by atoms with Crippen LogP contribution in [0, 0.1) is 6.92 Å². The van der Waals surface area contributed by atoms with E-state index in [1.807, 2.05) is 5.43 Å². The maximum atomic E-state index is 11.2. The highest BCUT2D eigenvalue weighted by Gasteiger charge is 2.12. The van der Waals surface area contributed by atoms with Crippen molar-refractivity contribution >= 4 is 5.91 Å². The molecule has 3 N–H and O–H groups in total. The lowest BCUT2D eigenvalue weighted by Crippen LogP contribution is -2.29. The number of ether oxygens (including phenoxy) is 1. The number of amides is 1. The first-order valence-electron chi connectivity index (χ1n) is 5.37. The van der Waals surface area contributed by atoms with Gasteiger partial charge in [-0.05, 0) is 19.4 Å². The van der Waals surface area contributed by atoms with Gasteiger partial charge in [-0.15, -0.1) is 0 Å². The van der Waals surface area contributed by atoms with Crippen molar-refractivity contribution in [3.05, 3.63) is 23.2 Å². The van der Waals surface area contributed by atoms with Crippen LogP contribution in [0.1, 0.15) is 41.6 Å². The Hall–Kier alpha value is -1.33. The maximum absolute atomic E-state index is 11.2. The monoisotopic (exact) mass is 226 g/mol. The summed E-state index contributed by atoms with van der Waals surface area (Å²) in [6.07, 6.45) is 2.14. The lowest BCUT2D eigenvalue weighted by Gasteiger charge is -2.00. The maximum Gasteiger partial charge on any atom is 0.300 e. The molecule has 5 heteroatoms. The van der Waals surface area contributed by atoms with Gasteiger partial charge >= 0.3 is 5.91 Å². The van der Waals surface area contributed by atoms with Gasteiger partial charge in [0.1, 0.15) is 5.76 Å². The van der Waals surface area contributed by atoms with Crippen LogP contribution >= 0.6 is 0 Å². The highest BCUT2D eigenvalue weighted by atomic mass is 16.5. The topological polar surface area (TPSA) is 77.5 Å². The lowest BCUT2D eigenvalue weighted by molar-refractivity contribution is 0.0924. The number of nitrogens with one attached hydrogen (secondary N) is 1. The molecule has 5 nitrogen and oxygen atoms in total. The molecule has 0 unspecified atom stereocenters. The van der Waals surface area contributed by atoms with Crippen LogP contribution in [0.4, 0.5) is 0 Å². The van der Waals surface area contributed by atoms with Gasteiger partial charge in [-0.25, -0.2) is 5.84 Å². The largest absolute Gasteiger partial charge is 0.456 e. The predicted molar refractivity (Wildman–Crippen MR) is 59.7 cm³/mol. The average Bonchev–Trinajstić information content (AvgIpc) is 2.65. The number of carbonyl (C=O) groups excluding carboxylic acids is 1. The summed E-state index contributed by atoms with van der Waals surface area (Å²) >= 11 is 0. The van der Waals surface area contributed by atoms with Crippen molar-refractivity contribution in [2.24, 2.45) is 5.84 Å². The zero-order valence-corrected chi connectivity index (χ0v) is 9.71. The Morgan fingerprint density at radius 3 is 3.00 bits per heavy atom. The van der Waals surface area contributed by atoms with Crippen LogP contribution in [0.5, 0.6) is 0 Å². The molecule has 1 aromatic rings. The number of aryl methyl sites for hydroxylation is 1. The minimum Gasteiger partial charge on any atom is -0.456 e. The first-order valence-corrected chi connectivity index (χ1v) is 5.37. The zero-order chi connectivity index (χ0) is 12.0. The third kappa shape index (κ3) is 3.36. The number of hydrogen-bond acceptors (Lipinski definition) is 4. The van der Waals surface area contributed by atoms with Gasteiger partial charge in [0.2, 0.25) is 0 Å². The quantitative estimate of drug-likeness (QED) is 0.333. The van der Waals surface area contributed by atoms with Crippen LogP contribution in [0.15, 0.2) is 10.5 Å². The summed E-state index contributed by atoms with van der Waals surface area (Å²) in [4.78, 5) is 11.2. The summed E-state index contributed by atoms with van der Waals surface area (Å²) in [7, 11) is 0. The standard InChI is InChI=1S/C11H18N2O3/c1-3-4-5-15-7-9-6-10(11(14)13-12)16-8(9)2/h6H,3-5,7,12H2,1-2H3,(H,13,14).